The lowest BCUT2D eigenvalue weighted by Gasteiger charge is -2.26. The molecule has 1 aliphatic heterocycles. The molecule has 6 nitrogen and oxygen atoms in total. The van der Waals surface area contributed by atoms with Crippen molar-refractivity contribution >= 4 is 0 Å². The van der Waals surface area contributed by atoms with Crippen LogP contribution in [0.3, 0.4) is 0 Å². The van der Waals surface area contributed by atoms with E-state index in [0.29, 0.717) is 51.1 Å². The molecule has 0 aromatic heterocycles. The Bertz CT molecular complexity index is 1910. The standard InChI is InChI=1S/C46H44O6/c1-6-16-35(17-7-1)29-47-34-43-45(50-32-38-22-12-4-13-23-38)46(51-33-39-24-14-5-15-25-39)44(52-43)41-27-26-40(48-30-36-18-8-2-9-19-36)28-42(41)49-31-37-20-10-3-11-21-37/h1-28,43-46H,29-34H2/t43-,44+,45-,46+/m1/s1. The molecule has 0 N–H and O–H groups in total. The van der Waals surface area contributed by atoms with E-state index < -0.39 is 24.4 Å². The summed E-state index contributed by atoms with van der Waals surface area (Å²) in [5, 5.41) is 0. The molecule has 264 valence electrons. The van der Waals surface area contributed by atoms with E-state index in [-0.39, 0.29) is 0 Å². The Kier molecular flexibility index (Phi) is 12.4. The van der Waals surface area contributed by atoms with Crippen LogP contribution in [-0.4, -0.2) is 24.9 Å². The van der Waals surface area contributed by atoms with Crippen LogP contribution >= 0.6 is 0 Å². The van der Waals surface area contributed by atoms with Gasteiger partial charge in [-0.05, 0) is 39.9 Å². The molecule has 0 radical (unpaired) electrons. The van der Waals surface area contributed by atoms with E-state index >= 15 is 0 Å². The largest absolute Gasteiger partial charge is 0.489 e. The zero-order valence-electron chi connectivity index (χ0n) is 29.2. The highest BCUT2D eigenvalue weighted by Gasteiger charge is 2.48. The van der Waals surface area contributed by atoms with Crippen LogP contribution in [0, 0.1) is 0 Å². The Morgan fingerprint density at radius 3 is 1.38 bits per heavy atom. The molecular formula is C46H44O6. The van der Waals surface area contributed by atoms with Gasteiger partial charge < -0.3 is 28.4 Å². The van der Waals surface area contributed by atoms with Crippen molar-refractivity contribution in [1.29, 1.82) is 0 Å². The van der Waals surface area contributed by atoms with Gasteiger partial charge in [0.05, 0.1) is 26.4 Å². The predicted molar refractivity (Wildman–Crippen MR) is 202 cm³/mol. The second-order valence-electron chi connectivity index (χ2n) is 12.9. The molecule has 0 amide bonds. The summed E-state index contributed by atoms with van der Waals surface area (Å²) < 4.78 is 39.7. The first-order chi connectivity index (χ1) is 25.8. The van der Waals surface area contributed by atoms with Gasteiger partial charge in [0.2, 0.25) is 0 Å². The fourth-order valence-electron chi connectivity index (χ4n) is 6.34. The van der Waals surface area contributed by atoms with Crippen molar-refractivity contribution in [3.05, 3.63) is 203 Å². The molecule has 6 aromatic carbocycles. The molecule has 1 fully saturated rings. The van der Waals surface area contributed by atoms with Crippen LogP contribution in [0.4, 0.5) is 0 Å². The van der Waals surface area contributed by atoms with Crippen molar-refractivity contribution in [2.75, 3.05) is 6.61 Å². The molecule has 52 heavy (non-hydrogen) atoms. The molecule has 0 aliphatic carbocycles. The summed E-state index contributed by atoms with van der Waals surface area (Å²) in [6, 6.07) is 56.8. The molecule has 6 aromatic rings. The van der Waals surface area contributed by atoms with Crippen LogP contribution < -0.4 is 9.47 Å². The van der Waals surface area contributed by atoms with Crippen molar-refractivity contribution in [1.82, 2.24) is 0 Å². The summed E-state index contributed by atoms with van der Waals surface area (Å²) in [7, 11) is 0. The summed E-state index contributed by atoms with van der Waals surface area (Å²) in [6.07, 6.45) is -1.82. The maximum atomic E-state index is 6.95. The molecule has 1 aliphatic rings. The average Bonchev–Trinajstić information content (AvgIpc) is 3.56. The van der Waals surface area contributed by atoms with Gasteiger partial charge in [0.25, 0.3) is 0 Å². The van der Waals surface area contributed by atoms with Crippen molar-refractivity contribution in [2.45, 2.75) is 57.5 Å². The van der Waals surface area contributed by atoms with Crippen LogP contribution in [0.2, 0.25) is 0 Å². The first-order valence-electron chi connectivity index (χ1n) is 17.8. The van der Waals surface area contributed by atoms with Gasteiger partial charge in [-0.25, -0.2) is 0 Å². The first kappa shape index (κ1) is 35.2. The molecule has 0 spiro atoms. The third-order valence-corrected chi connectivity index (χ3v) is 9.05. The Morgan fingerprint density at radius 1 is 0.423 bits per heavy atom. The van der Waals surface area contributed by atoms with Crippen molar-refractivity contribution in [2.24, 2.45) is 0 Å². The monoisotopic (exact) mass is 692 g/mol. The molecule has 0 saturated carbocycles. The van der Waals surface area contributed by atoms with E-state index in [2.05, 4.69) is 60.7 Å². The normalized spacial score (nSPS) is 18.2. The van der Waals surface area contributed by atoms with E-state index in [0.717, 1.165) is 33.4 Å². The van der Waals surface area contributed by atoms with Gasteiger partial charge in [-0.1, -0.05) is 152 Å². The average molecular weight is 693 g/mol. The summed E-state index contributed by atoms with van der Waals surface area (Å²) in [5.74, 6) is 1.37. The van der Waals surface area contributed by atoms with E-state index in [9.17, 15) is 0 Å². The fourth-order valence-corrected chi connectivity index (χ4v) is 6.34. The van der Waals surface area contributed by atoms with Crippen molar-refractivity contribution in [3.8, 4) is 11.5 Å². The molecule has 1 saturated heterocycles. The van der Waals surface area contributed by atoms with Gasteiger partial charge >= 0.3 is 0 Å². The van der Waals surface area contributed by atoms with Gasteiger partial charge in [-0.3, -0.25) is 0 Å². The van der Waals surface area contributed by atoms with Crippen LogP contribution in [0.5, 0.6) is 11.5 Å². The lowest BCUT2D eigenvalue weighted by molar-refractivity contribution is -0.0898. The third-order valence-electron chi connectivity index (χ3n) is 9.05. The van der Waals surface area contributed by atoms with E-state index in [4.69, 9.17) is 28.4 Å². The molecule has 6 heteroatoms. The van der Waals surface area contributed by atoms with Crippen LogP contribution in [0.15, 0.2) is 170 Å². The molecule has 4 atom stereocenters. The number of benzene rings is 6. The SMILES string of the molecule is c1ccc(COC[C@H]2O[C@@H](c3ccc(OCc4ccccc4)cc3OCc3ccccc3)[C@H](OCc3ccccc3)[C@@H]2OCc2ccccc2)cc1. The van der Waals surface area contributed by atoms with Gasteiger partial charge in [-0.2, -0.15) is 0 Å². The Morgan fingerprint density at radius 2 is 0.865 bits per heavy atom. The summed E-state index contributed by atoms with van der Waals surface area (Å²) >= 11 is 0. The van der Waals surface area contributed by atoms with E-state index in [1.807, 2.05) is 109 Å². The van der Waals surface area contributed by atoms with E-state index in [1.54, 1.807) is 0 Å². The highest BCUT2D eigenvalue weighted by molar-refractivity contribution is 5.43. The van der Waals surface area contributed by atoms with Crippen LogP contribution in [0.25, 0.3) is 0 Å². The van der Waals surface area contributed by atoms with Crippen LogP contribution in [0.1, 0.15) is 39.5 Å². The Hall–Kier alpha value is -5.24. The fraction of sp³-hybridized carbons (Fsp3) is 0.217. The molecule has 0 unspecified atom stereocenters. The number of hydrogen-bond acceptors (Lipinski definition) is 6. The Balaban J connectivity index is 1.20. The van der Waals surface area contributed by atoms with Gasteiger partial charge in [0, 0.05) is 11.6 Å². The van der Waals surface area contributed by atoms with Crippen molar-refractivity contribution in [3.63, 3.8) is 0 Å². The highest BCUT2D eigenvalue weighted by Crippen LogP contribution is 2.43. The minimum absolute atomic E-state index is 0.328. The molecule has 0 bridgehead atoms. The van der Waals surface area contributed by atoms with E-state index in [1.165, 1.54) is 0 Å². The predicted octanol–water partition coefficient (Wildman–Crippen LogP) is 9.67. The van der Waals surface area contributed by atoms with Gasteiger partial charge in [-0.15, -0.1) is 0 Å². The van der Waals surface area contributed by atoms with Crippen LogP contribution in [-0.2, 0) is 52.0 Å². The molecule has 1 heterocycles. The second-order valence-corrected chi connectivity index (χ2v) is 12.9. The zero-order chi connectivity index (χ0) is 35.2. The number of ether oxygens (including phenoxy) is 6. The Labute approximate surface area is 306 Å². The first-order valence-corrected chi connectivity index (χ1v) is 17.8. The minimum Gasteiger partial charge on any atom is -0.489 e. The summed E-state index contributed by atoms with van der Waals surface area (Å²) in [6.45, 7) is 2.42. The minimum atomic E-state index is -0.510. The molecule has 7 rings (SSSR count). The number of rotatable bonds is 17. The van der Waals surface area contributed by atoms with Crippen molar-refractivity contribution < 1.29 is 28.4 Å². The highest BCUT2D eigenvalue weighted by atomic mass is 16.6. The molecular weight excluding hydrogens is 649 g/mol. The lowest BCUT2D eigenvalue weighted by Crippen LogP contribution is -2.37. The quantitative estimate of drug-likeness (QED) is 0.0949. The maximum Gasteiger partial charge on any atom is 0.129 e. The number of hydrogen-bond donors (Lipinski definition) is 0. The zero-order valence-corrected chi connectivity index (χ0v) is 29.2. The lowest BCUT2D eigenvalue weighted by atomic mass is 9.99. The van der Waals surface area contributed by atoms with Gasteiger partial charge in [0.15, 0.2) is 0 Å². The van der Waals surface area contributed by atoms with Gasteiger partial charge in [0.1, 0.15) is 49.1 Å². The third kappa shape index (κ3) is 9.75. The summed E-state index contributed by atoms with van der Waals surface area (Å²) in [4.78, 5) is 0. The second kappa shape index (κ2) is 18.3. The topological polar surface area (TPSA) is 55.4 Å². The smallest absolute Gasteiger partial charge is 0.129 e. The summed E-state index contributed by atoms with van der Waals surface area (Å²) in [5.41, 5.74) is 6.24. The maximum absolute atomic E-state index is 6.95.